The van der Waals surface area contributed by atoms with Crippen LogP contribution in [0.2, 0.25) is 0 Å². The molecule has 10 heavy (non-hydrogen) atoms. The highest BCUT2D eigenvalue weighted by atomic mass is 16.1. The van der Waals surface area contributed by atoms with Crippen LogP contribution in [-0.4, -0.2) is 4.98 Å². The summed E-state index contributed by atoms with van der Waals surface area (Å²) >= 11 is 0. The zero-order valence-electron chi connectivity index (χ0n) is 6.06. The number of pyridine rings is 1. The molecule has 1 rings (SSSR count). The number of nitrogen functional groups attached to an aromatic ring is 1. The zero-order chi connectivity index (χ0) is 7.72. The summed E-state index contributed by atoms with van der Waals surface area (Å²) < 4.78 is 0. The summed E-state index contributed by atoms with van der Waals surface area (Å²) in [4.78, 5) is 13.4. The summed E-state index contributed by atoms with van der Waals surface area (Å²) in [5.41, 5.74) is 7.31. The Bertz CT molecular complexity index is 301. The predicted octanol–water partition coefficient (Wildman–Crippen LogP) is 0.574. The van der Waals surface area contributed by atoms with E-state index < -0.39 is 0 Å². The molecule has 0 aliphatic heterocycles. The van der Waals surface area contributed by atoms with Crippen LogP contribution in [0.4, 0.5) is 5.69 Å². The molecular formula is C7H10N2O. The maximum atomic E-state index is 10.8. The van der Waals surface area contributed by atoms with E-state index in [1.165, 1.54) is 0 Å². The number of aromatic nitrogens is 1. The molecule has 1 heterocycles. The van der Waals surface area contributed by atoms with Crippen molar-refractivity contribution in [2.45, 2.75) is 13.8 Å². The van der Waals surface area contributed by atoms with Crippen LogP contribution in [0.25, 0.3) is 0 Å². The van der Waals surface area contributed by atoms with E-state index >= 15 is 0 Å². The topological polar surface area (TPSA) is 58.9 Å². The van der Waals surface area contributed by atoms with Crippen molar-refractivity contribution >= 4 is 5.69 Å². The molecule has 0 amide bonds. The number of hydrogen-bond acceptors (Lipinski definition) is 2. The van der Waals surface area contributed by atoms with Crippen molar-refractivity contribution in [3.05, 3.63) is 27.7 Å². The second-order valence-electron chi connectivity index (χ2n) is 2.36. The monoisotopic (exact) mass is 138 g/mol. The first kappa shape index (κ1) is 6.86. The number of nitrogens with two attached hydrogens (primary N) is 1. The number of nitrogens with one attached hydrogen (secondary N) is 1. The van der Waals surface area contributed by atoms with Crippen molar-refractivity contribution in [2.24, 2.45) is 0 Å². The molecule has 3 N–H and O–H groups in total. The van der Waals surface area contributed by atoms with Crippen molar-refractivity contribution in [1.29, 1.82) is 0 Å². The van der Waals surface area contributed by atoms with Crippen LogP contribution in [0.5, 0.6) is 0 Å². The second-order valence-corrected chi connectivity index (χ2v) is 2.36. The average molecular weight is 138 g/mol. The van der Waals surface area contributed by atoms with E-state index in [2.05, 4.69) is 4.98 Å². The molecule has 1 aromatic rings. The molecule has 3 nitrogen and oxygen atoms in total. The van der Waals surface area contributed by atoms with Crippen molar-refractivity contribution in [3.8, 4) is 0 Å². The van der Waals surface area contributed by atoms with Crippen molar-refractivity contribution in [2.75, 3.05) is 5.73 Å². The molecule has 0 saturated heterocycles. The van der Waals surface area contributed by atoms with Gasteiger partial charge in [-0.2, -0.15) is 0 Å². The molecule has 0 saturated carbocycles. The Morgan fingerprint density at radius 1 is 1.50 bits per heavy atom. The number of aryl methyl sites for hydroxylation is 2. The largest absolute Gasteiger partial charge is 0.394 e. The summed E-state index contributed by atoms with van der Waals surface area (Å²) in [6, 6.07) is 1.67. The van der Waals surface area contributed by atoms with Crippen LogP contribution < -0.4 is 11.3 Å². The Balaban J connectivity index is 3.43. The Morgan fingerprint density at radius 2 is 2.10 bits per heavy atom. The van der Waals surface area contributed by atoms with Gasteiger partial charge in [0, 0.05) is 5.69 Å². The average Bonchev–Trinajstić information content (AvgIpc) is 1.84. The highest BCUT2D eigenvalue weighted by molar-refractivity contribution is 5.39. The van der Waals surface area contributed by atoms with Gasteiger partial charge in [-0.3, -0.25) is 4.79 Å². The molecule has 0 aliphatic rings. The highest BCUT2D eigenvalue weighted by Gasteiger charge is 1.96. The lowest BCUT2D eigenvalue weighted by Crippen LogP contribution is -2.13. The summed E-state index contributed by atoms with van der Waals surface area (Å²) in [6.45, 7) is 3.75. The minimum Gasteiger partial charge on any atom is -0.394 e. The fraction of sp³-hybridized carbons (Fsp3) is 0.286. The molecule has 1 aromatic heterocycles. The van der Waals surface area contributed by atoms with Gasteiger partial charge in [-0.05, 0) is 25.5 Å². The first-order valence-electron chi connectivity index (χ1n) is 3.07. The van der Waals surface area contributed by atoms with Gasteiger partial charge >= 0.3 is 0 Å². The summed E-state index contributed by atoms with van der Waals surface area (Å²) in [7, 11) is 0. The van der Waals surface area contributed by atoms with Crippen LogP contribution in [0.15, 0.2) is 10.9 Å². The summed E-state index contributed by atoms with van der Waals surface area (Å²) in [6.07, 6.45) is 0. The van der Waals surface area contributed by atoms with Gasteiger partial charge in [0.2, 0.25) is 0 Å². The maximum absolute atomic E-state index is 10.8. The number of rotatable bonds is 0. The molecule has 0 atom stereocenters. The van der Waals surface area contributed by atoms with Crippen LogP contribution >= 0.6 is 0 Å². The van der Waals surface area contributed by atoms with Gasteiger partial charge in [0.15, 0.2) is 0 Å². The van der Waals surface area contributed by atoms with Crippen molar-refractivity contribution < 1.29 is 0 Å². The molecule has 3 heteroatoms. The summed E-state index contributed by atoms with van der Waals surface area (Å²) in [5, 5.41) is 0. The van der Waals surface area contributed by atoms with E-state index in [9.17, 15) is 4.79 Å². The highest BCUT2D eigenvalue weighted by Crippen LogP contribution is 2.02. The van der Waals surface area contributed by atoms with E-state index in [1.54, 1.807) is 6.07 Å². The van der Waals surface area contributed by atoms with Gasteiger partial charge in [-0.15, -0.1) is 0 Å². The molecule has 0 aliphatic carbocycles. The molecule has 0 radical (unpaired) electrons. The van der Waals surface area contributed by atoms with Crippen LogP contribution in [-0.2, 0) is 0 Å². The van der Waals surface area contributed by atoms with Crippen LogP contribution in [0.1, 0.15) is 11.3 Å². The number of H-pyrrole nitrogens is 1. The third-order valence-corrected chi connectivity index (χ3v) is 1.53. The molecule has 0 unspecified atom stereocenters. The van der Waals surface area contributed by atoms with E-state index in [1.807, 2.05) is 13.8 Å². The normalized spacial score (nSPS) is 9.80. The SMILES string of the molecule is Cc1cc(N)c(=O)[nH]c1C. The Morgan fingerprint density at radius 3 is 2.60 bits per heavy atom. The number of aromatic amines is 1. The summed E-state index contributed by atoms with van der Waals surface area (Å²) in [5.74, 6) is 0. The second kappa shape index (κ2) is 2.17. The number of hydrogen-bond donors (Lipinski definition) is 2. The quantitative estimate of drug-likeness (QED) is 0.550. The lowest BCUT2D eigenvalue weighted by atomic mass is 10.2. The predicted molar refractivity (Wildman–Crippen MR) is 40.9 cm³/mol. The van der Waals surface area contributed by atoms with Crippen LogP contribution in [0, 0.1) is 13.8 Å². The Kier molecular flexibility index (Phi) is 1.49. The third-order valence-electron chi connectivity index (χ3n) is 1.53. The molecule has 0 fully saturated rings. The molecule has 0 aromatic carbocycles. The molecule has 54 valence electrons. The third kappa shape index (κ3) is 1.03. The van der Waals surface area contributed by atoms with E-state index in [0.29, 0.717) is 0 Å². The van der Waals surface area contributed by atoms with E-state index in [0.717, 1.165) is 11.3 Å². The van der Waals surface area contributed by atoms with Gasteiger partial charge in [0.25, 0.3) is 5.56 Å². The van der Waals surface area contributed by atoms with E-state index in [4.69, 9.17) is 5.73 Å². The Hall–Kier alpha value is -1.25. The smallest absolute Gasteiger partial charge is 0.271 e. The fourth-order valence-electron chi connectivity index (χ4n) is 0.748. The Labute approximate surface area is 58.9 Å². The van der Waals surface area contributed by atoms with Gasteiger partial charge in [-0.1, -0.05) is 0 Å². The molecule has 0 spiro atoms. The molecular weight excluding hydrogens is 128 g/mol. The standard InChI is InChI=1S/C7H10N2O/c1-4-3-6(8)7(10)9-5(4)2/h3H,8H2,1-2H3,(H,9,10). The van der Waals surface area contributed by atoms with Gasteiger partial charge in [0.05, 0.1) is 5.69 Å². The minimum atomic E-state index is -0.205. The number of anilines is 1. The zero-order valence-corrected chi connectivity index (χ0v) is 6.06. The first-order chi connectivity index (χ1) is 4.61. The van der Waals surface area contributed by atoms with Gasteiger partial charge in [0.1, 0.15) is 0 Å². The van der Waals surface area contributed by atoms with Gasteiger partial charge < -0.3 is 10.7 Å². The first-order valence-corrected chi connectivity index (χ1v) is 3.07. The molecule has 0 bridgehead atoms. The van der Waals surface area contributed by atoms with Crippen LogP contribution in [0.3, 0.4) is 0 Å². The lowest BCUT2D eigenvalue weighted by molar-refractivity contribution is 1.11. The fourth-order valence-corrected chi connectivity index (χ4v) is 0.748. The maximum Gasteiger partial charge on any atom is 0.271 e. The van der Waals surface area contributed by atoms with Gasteiger partial charge in [-0.25, -0.2) is 0 Å². The lowest BCUT2D eigenvalue weighted by Gasteiger charge is -1.98. The van der Waals surface area contributed by atoms with E-state index in [-0.39, 0.29) is 11.2 Å². The van der Waals surface area contributed by atoms with Crippen molar-refractivity contribution in [3.63, 3.8) is 0 Å². The van der Waals surface area contributed by atoms with Crippen molar-refractivity contribution in [1.82, 2.24) is 4.98 Å². The minimum absolute atomic E-state index is 0.205.